The molecule has 1 rings (SSSR count). The van der Waals surface area contributed by atoms with Crippen molar-refractivity contribution in [2.75, 3.05) is 0 Å². The summed E-state index contributed by atoms with van der Waals surface area (Å²) in [6.07, 6.45) is -0.798. The van der Waals surface area contributed by atoms with Crippen LogP contribution in [0.1, 0.15) is 17.3 Å². The topological polar surface area (TPSA) is 63.6 Å². The fraction of sp³-hybridized carbons (Fsp3) is 0.200. The molecule has 0 saturated heterocycles. The Hall–Kier alpha value is -1.91. The molecule has 0 amide bonds. The number of benzene rings is 1. The van der Waals surface area contributed by atoms with Gasteiger partial charge in [-0.1, -0.05) is 6.07 Å². The van der Waals surface area contributed by atoms with Crippen molar-refractivity contribution in [3.63, 3.8) is 0 Å². The number of ether oxygens (including phenoxy) is 1. The van der Waals surface area contributed by atoms with Crippen molar-refractivity contribution >= 4 is 12.3 Å². The van der Waals surface area contributed by atoms with Crippen molar-refractivity contribution in [1.29, 1.82) is 0 Å². The number of carbonyl (C=O) groups excluding carboxylic acids is 1. The molecule has 0 spiro atoms. The highest BCUT2D eigenvalue weighted by Gasteiger charge is 2.17. The van der Waals surface area contributed by atoms with Gasteiger partial charge in [-0.15, -0.1) is 0 Å². The highest BCUT2D eigenvalue weighted by Crippen LogP contribution is 2.22. The predicted molar refractivity (Wildman–Crippen MR) is 49.5 cm³/mol. The average molecular weight is 212 g/mol. The molecule has 1 aromatic rings. The van der Waals surface area contributed by atoms with Crippen molar-refractivity contribution < 1.29 is 23.8 Å². The van der Waals surface area contributed by atoms with Crippen LogP contribution in [-0.4, -0.2) is 23.5 Å². The molecule has 0 heterocycles. The summed E-state index contributed by atoms with van der Waals surface area (Å²) in [5, 5.41) is 8.56. The van der Waals surface area contributed by atoms with Crippen molar-refractivity contribution in [2.45, 2.75) is 13.0 Å². The van der Waals surface area contributed by atoms with Gasteiger partial charge in [0.2, 0.25) is 0 Å². The first-order chi connectivity index (χ1) is 7.06. The number of halogens is 1. The van der Waals surface area contributed by atoms with Crippen LogP contribution in [0.5, 0.6) is 5.75 Å². The summed E-state index contributed by atoms with van der Waals surface area (Å²) >= 11 is 0. The van der Waals surface area contributed by atoms with Gasteiger partial charge in [-0.2, -0.15) is 0 Å². The molecule has 5 heteroatoms. The maximum atomic E-state index is 13.2. The minimum Gasteiger partial charge on any atom is -0.479 e. The monoisotopic (exact) mass is 212 g/mol. The van der Waals surface area contributed by atoms with E-state index >= 15 is 0 Å². The molecule has 1 aromatic carbocycles. The van der Waals surface area contributed by atoms with E-state index in [2.05, 4.69) is 0 Å². The summed E-state index contributed by atoms with van der Waals surface area (Å²) in [7, 11) is 0. The van der Waals surface area contributed by atoms with Gasteiger partial charge in [0.1, 0.15) is 0 Å². The van der Waals surface area contributed by atoms with Gasteiger partial charge >= 0.3 is 5.97 Å². The molecule has 0 fully saturated rings. The molecule has 1 unspecified atom stereocenters. The Morgan fingerprint density at radius 3 is 2.80 bits per heavy atom. The lowest BCUT2D eigenvalue weighted by Gasteiger charge is -2.12. The fourth-order valence-corrected chi connectivity index (χ4v) is 0.970. The van der Waals surface area contributed by atoms with Crippen LogP contribution < -0.4 is 4.74 Å². The predicted octanol–water partition coefficient (Wildman–Crippen LogP) is 1.49. The van der Waals surface area contributed by atoms with Gasteiger partial charge in [0.25, 0.3) is 0 Å². The van der Waals surface area contributed by atoms with Gasteiger partial charge in [-0.3, -0.25) is 4.79 Å². The van der Waals surface area contributed by atoms with E-state index in [9.17, 15) is 14.0 Å². The summed E-state index contributed by atoms with van der Waals surface area (Å²) in [5.41, 5.74) is -0.0110. The molecular weight excluding hydrogens is 203 g/mol. The van der Waals surface area contributed by atoms with Crippen LogP contribution in [0.25, 0.3) is 0 Å². The lowest BCUT2D eigenvalue weighted by Crippen LogP contribution is -2.23. The molecular formula is C10H9FO4. The van der Waals surface area contributed by atoms with E-state index in [1.807, 2.05) is 0 Å². The largest absolute Gasteiger partial charge is 0.479 e. The number of rotatable bonds is 4. The van der Waals surface area contributed by atoms with E-state index in [-0.39, 0.29) is 11.3 Å². The Morgan fingerprint density at radius 2 is 2.27 bits per heavy atom. The van der Waals surface area contributed by atoms with E-state index in [0.29, 0.717) is 6.29 Å². The molecule has 0 aliphatic rings. The van der Waals surface area contributed by atoms with Crippen LogP contribution in [0.15, 0.2) is 18.2 Å². The number of aliphatic carboxylic acids is 1. The second kappa shape index (κ2) is 4.54. The highest BCUT2D eigenvalue weighted by molar-refractivity contribution is 5.80. The van der Waals surface area contributed by atoms with E-state index in [1.54, 1.807) is 0 Å². The molecule has 15 heavy (non-hydrogen) atoms. The molecule has 0 bridgehead atoms. The standard InChI is InChI=1S/C10H9FO4/c1-6(10(13)14)15-9-7(5-12)3-2-4-8(9)11/h2-6H,1H3,(H,13,14). The lowest BCUT2D eigenvalue weighted by molar-refractivity contribution is -0.144. The third-order valence-electron chi connectivity index (χ3n) is 1.77. The molecule has 1 atom stereocenters. The van der Waals surface area contributed by atoms with E-state index in [1.165, 1.54) is 19.1 Å². The molecule has 0 radical (unpaired) electrons. The first-order valence-corrected chi connectivity index (χ1v) is 4.19. The Kier molecular flexibility index (Phi) is 3.38. The maximum Gasteiger partial charge on any atom is 0.344 e. The van der Waals surface area contributed by atoms with Gasteiger partial charge in [-0.25, -0.2) is 9.18 Å². The number of carboxylic acid groups (broad SMARTS) is 1. The van der Waals surface area contributed by atoms with E-state index in [4.69, 9.17) is 9.84 Å². The lowest BCUT2D eigenvalue weighted by atomic mass is 10.2. The number of carbonyl (C=O) groups is 2. The fourth-order valence-electron chi connectivity index (χ4n) is 0.970. The van der Waals surface area contributed by atoms with E-state index < -0.39 is 17.9 Å². The van der Waals surface area contributed by atoms with Gasteiger partial charge in [0.05, 0.1) is 5.56 Å². The van der Waals surface area contributed by atoms with Crippen molar-refractivity contribution in [3.8, 4) is 5.75 Å². The van der Waals surface area contributed by atoms with Crippen LogP contribution in [-0.2, 0) is 4.79 Å². The minimum atomic E-state index is -1.23. The third-order valence-corrected chi connectivity index (χ3v) is 1.77. The van der Waals surface area contributed by atoms with Gasteiger partial charge in [-0.05, 0) is 19.1 Å². The molecule has 0 saturated carbocycles. The van der Waals surface area contributed by atoms with Crippen molar-refractivity contribution in [3.05, 3.63) is 29.6 Å². The smallest absolute Gasteiger partial charge is 0.344 e. The minimum absolute atomic E-state index is 0.0110. The second-order valence-electron chi connectivity index (χ2n) is 2.87. The normalized spacial score (nSPS) is 11.9. The molecule has 1 N–H and O–H groups in total. The molecule has 0 aliphatic carbocycles. The summed E-state index contributed by atoms with van der Waals surface area (Å²) in [4.78, 5) is 21.0. The van der Waals surface area contributed by atoms with Crippen molar-refractivity contribution in [2.24, 2.45) is 0 Å². The Bertz CT molecular complexity index is 389. The van der Waals surface area contributed by atoms with E-state index in [0.717, 1.165) is 6.07 Å². The van der Waals surface area contributed by atoms with Gasteiger partial charge < -0.3 is 9.84 Å². The Labute approximate surface area is 85.3 Å². The van der Waals surface area contributed by atoms with Gasteiger partial charge in [0.15, 0.2) is 24.0 Å². The molecule has 0 aliphatic heterocycles. The van der Waals surface area contributed by atoms with Crippen LogP contribution >= 0.6 is 0 Å². The maximum absolute atomic E-state index is 13.2. The Morgan fingerprint density at radius 1 is 1.60 bits per heavy atom. The molecule has 0 aromatic heterocycles. The summed E-state index contributed by atoms with van der Waals surface area (Å²) < 4.78 is 18.0. The summed E-state index contributed by atoms with van der Waals surface area (Å²) in [6.45, 7) is 1.25. The zero-order valence-corrected chi connectivity index (χ0v) is 7.94. The zero-order valence-electron chi connectivity index (χ0n) is 7.94. The zero-order chi connectivity index (χ0) is 11.4. The molecule has 4 nitrogen and oxygen atoms in total. The van der Waals surface area contributed by atoms with Crippen LogP contribution in [0.3, 0.4) is 0 Å². The van der Waals surface area contributed by atoms with Crippen LogP contribution in [0.4, 0.5) is 4.39 Å². The highest BCUT2D eigenvalue weighted by atomic mass is 19.1. The number of para-hydroxylation sites is 1. The van der Waals surface area contributed by atoms with Crippen LogP contribution in [0, 0.1) is 5.82 Å². The summed E-state index contributed by atoms with van der Waals surface area (Å²) in [6, 6.07) is 3.79. The first kappa shape index (κ1) is 11.2. The SMILES string of the molecule is CC(Oc1c(F)cccc1C=O)C(=O)O. The third kappa shape index (κ3) is 2.52. The number of hydrogen-bond acceptors (Lipinski definition) is 3. The number of carboxylic acids is 1. The second-order valence-corrected chi connectivity index (χ2v) is 2.87. The average Bonchev–Trinajstić information content (AvgIpc) is 2.20. The van der Waals surface area contributed by atoms with Crippen LogP contribution in [0.2, 0.25) is 0 Å². The molecule has 80 valence electrons. The number of hydrogen-bond donors (Lipinski definition) is 1. The quantitative estimate of drug-likeness (QED) is 0.768. The first-order valence-electron chi connectivity index (χ1n) is 4.19. The number of aldehydes is 1. The van der Waals surface area contributed by atoms with Crippen molar-refractivity contribution in [1.82, 2.24) is 0 Å². The Balaban J connectivity index is 3.02. The summed E-state index contributed by atoms with van der Waals surface area (Å²) in [5.74, 6) is -2.31. The van der Waals surface area contributed by atoms with Gasteiger partial charge in [0, 0.05) is 0 Å².